The molecule has 0 bridgehead atoms. The molecule has 1 amide bonds. The van der Waals surface area contributed by atoms with Crippen molar-refractivity contribution in [1.82, 2.24) is 14.9 Å². The molecule has 0 saturated heterocycles. The van der Waals surface area contributed by atoms with Gasteiger partial charge in [0.2, 0.25) is 5.91 Å². The van der Waals surface area contributed by atoms with Crippen LogP contribution in [0.3, 0.4) is 0 Å². The highest BCUT2D eigenvalue weighted by Gasteiger charge is 2.23. The van der Waals surface area contributed by atoms with Gasteiger partial charge < -0.3 is 14.2 Å². The van der Waals surface area contributed by atoms with E-state index in [1.54, 1.807) is 42.2 Å². The van der Waals surface area contributed by atoms with E-state index in [1.807, 2.05) is 41.8 Å². The number of aromatic nitrogens is 2. The third-order valence-corrected chi connectivity index (χ3v) is 6.97. The van der Waals surface area contributed by atoms with Gasteiger partial charge in [-0.3, -0.25) is 14.2 Å². The molecule has 5 rings (SSSR count). The summed E-state index contributed by atoms with van der Waals surface area (Å²) in [5.74, 6) is 1.11. The molecule has 4 heterocycles. The summed E-state index contributed by atoms with van der Waals surface area (Å²) in [5.41, 5.74) is 1.19. The number of hydrogen-bond donors (Lipinski definition) is 1. The second-order valence-electron chi connectivity index (χ2n) is 7.23. The lowest BCUT2D eigenvalue weighted by Gasteiger charge is -2.15. The lowest BCUT2D eigenvalue weighted by Crippen LogP contribution is -2.31. The van der Waals surface area contributed by atoms with Gasteiger partial charge in [-0.1, -0.05) is 30.0 Å². The van der Waals surface area contributed by atoms with E-state index in [2.05, 4.69) is 5.32 Å². The zero-order valence-electron chi connectivity index (χ0n) is 17.6. The van der Waals surface area contributed by atoms with Crippen LogP contribution in [0.25, 0.3) is 27.2 Å². The number of nitrogens with zero attached hydrogens (tertiary/aromatic N) is 2. The molecular formula is C24H19N3O4S2. The predicted octanol–water partition coefficient (Wildman–Crippen LogP) is 5.10. The van der Waals surface area contributed by atoms with Crippen molar-refractivity contribution in [3.8, 4) is 17.0 Å². The number of furan rings is 2. The Labute approximate surface area is 197 Å². The monoisotopic (exact) mass is 477 g/mol. The summed E-state index contributed by atoms with van der Waals surface area (Å²) in [6.07, 6.45) is 3.14. The lowest BCUT2D eigenvalue weighted by molar-refractivity contribution is -0.120. The third kappa shape index (κ3) is 4.24. The molecule has 7 nitrogen and oxygen atoms in total. The highest BCUT2D eigenvalue weighted by Crippen LogP contribution is 2.34. The molecule has 1 aromatic carbocycles. The van der Waals surface area contributed by atoms with Crippen LogP contribution in [0.5, 0.6) is 0 Å². The molecule has 0 spiro atoms. The summed E-state index contributed by atoms with van der Waals surface area (Å²) in [4.78, 5) is 31.8. The van der Waals surface area contributed by atoms with E-state index in [0.717, 1.165) is 0 Å². The van der Waals surface area contributed by atoms with E-state index in [0.29, 0.717) is 44.7 Å². The number of fused-ring (bicyclic) bond motifs is 1. The topological polar surface area (TPSA) is 90.3 Å². The molecule has 0 aliphatic rings. The van der Waals surface area contributed by atoms with Gasteiger partial charge in [0.1, 0.15) is 16.4 Å². The van der Waals surface area contributed by atoms with Crippen LogP contribution < -0.4 is 10.9 Å². The van der Waals surface area contributed by atoms with Crippen LogP contribution in [-0.4, -0.2) is 20.7 Å². The number of hydrogen-bond acceptors (Lipinski definition) is 7. The molecule has 5 aromatic rings. The van der Waals surface area contributed by atoms with Gasteiger partial charge in [-0.2, -0.15) is 0 Å². The standard InChI is InChI=1S/C24H19N3O4S2/c1-15(21(28)25-13-17-9-5-11-30-17)33-24-26-22-20(18(14-32-22)19-10-6-12-31-19)23(29)27(24)16-7-3-2-4-8-16/h2-12,14-15H,13H2,1H3,(H,25,28). The van der Waals surface area contributed by atoms with Gasteiger partial charge in [0, 0.05) is 10.9 Å². The number of thiophene rings is 1. The van der Waals surface area contributed by atoms with Crippen molar-refractivity contribution in [2.24, 2.45) is 0 Å². The van der Waals surface area contributed by atoms with Gasteiger partial charge in [-0.15, -0.1) is 11.3 Å². The van der Waals surface area contributed by atoms with E-state index in [4.69, 9.17) is 13.8 Å². The number of thioether (sulfide) groups is 1. The van der Waals surface area contributed by atoms with E-state index >= 15 is 0 Å². The Balaban J connectivity index is 1.54. The molecule has 0 aliphatic carbocycles. The Hall–Kier alpha value is -3.56. The fraction of sp³-hybridized carbons (Fsp3) is 0.125. The molecule has 0 fully saturated rings. The molecule has 0 saturated carbocycles. The van der Waals surface area contributed by atoms with Gasteiger partial charge in [-0.05, 0) is 43.3 Å². The van der Waals surface area contributed by atoms with Crippen molar-refractivity contribution < 1.29 is 13.6 Å². The Kier molecular flexibility index (Phi) is 5.89. The van der Waals surface area contributed by atoms with Gasteiger partial charge >= 0.3 is 0 Å². The van der Waals surface area contributed by atoms with Gasteiger partial charge in [0.15, 0.2) is 5.16 Å². The average Bonchev–Trinajstić information content (AvgIpc) is 3.60. The normalized spacial score (nSPS) is 12.2. The largest absolute Gasteiger partial charge is 0.467 e. The van der Waals surface area contributed by atoms with Gasteiger partial charge in [-0.25, -0.2) is 4.98 Å². The first-order valence-corrected chi connectivity index (χ1v) is 12.0. The van der Waals surface area contributed by atoms with Crippen molar-refractivity contribution in [1.29, 1.82) is 0 Å². The van der Waals surface area contributed by atoms with Crippen molar-refractivity contribution in [2.75, 3.05) is 0 Å². The number of para-hydroxylation sites is 1. The quantitative estimate of drug-likeness (QED) is 0.259. The number of carbonyl (C=O) groups excluding carboxylic acids is 1. The second kappa shape index (κ2) is 9.13. The summed E-state index contributed by atoms with van der Waals surface area (Å²) >= 11 is 2.62. The number of amides is 1. The van der Waals surface area contributed by atoms with Crippen LogP contribution in [0.2, 0.25) is 0 Å². The molecule has 1 atom stereocenters. The second-order valence-corrected chi connectivity index (χ2v) is 9.40. The molecule has 1 unspecified atom stereocenters. The maximum Gasteiger partial charge on any atom is 0.268 e. The minimum atomic E-state index is -0.483. The number of carbonyl (C=O) groups is 1. The molecule has 0 aliphatic heterocycles. The van der Waals surface area contributed by atoms with E-state index in [1.165, 1.54) is 23.1 Å². The number of rotatable bonds is 7. The molecule has 4 aromatic heterocycles. The van der Waals surface area contributed by atoms with E-state index in [9.17, 15) is 9.59 Å². The van der Waals surface area contributed by atoms with Crippen LogP contribution in [0.4, 0.5) is 0 Å². The van der Waals surface area contributed by atoms with Crippen LogP contribution in [0, 0.1) is 0 Å². The highest BCUT2D eigenvalue weighted by molar-refractivity contribution is 8.00. The lowest BCUT2D eigenvalue weighted by atomic mass is 10.2. The van der Waals surface area contributed by atoms with Crippen molar-refractivity contribution in [3.63, 3.8) is 0 Å². The van der Waals surface area contributed by atoms with Gasteiger partial charge in [0.25, 0.3) is 5.56 Å². The zero-order chi connectivity index (χ0) is 22.8. The molecule has 1 N–H and O–H groups in total. The van der Waals surface area contributed by atoms with Crippen LogP contribution in [-0.2, 0) is 11.3 Å². The first-order valence-electron chi connectivity index (χ1n) is 10.2. The Morgan fingerprint density at radius 2 is 1.91 bits per heavy atom. The molecule has 9 heteroatoms. The smallest absolute Gasteiger partial charge is 0.268 e. The summed E-state index contributed by atoms with van der Waals surface area (Å²) in [6, 6.07) is 16.5. The molecule has 0 radical (unpaired) electrons. The summed E-state index contributed by atoms with van der Waals surface area (Å²) in [6.45, 7) is 2.09. The Bertz CT molecular complexity index is 1440. The molecule has 166 valence electrons. The van der Waals surface area contributed by atoms with E-state index in [-0.39, 0.29) is 11.5 Å². The van der Waals surface area contributed by atoms with Crippen molar-refractivity contribution >= 4 is 39.2 Å². The van der Waals surface area contributed by atoms with Gasteiger partial charge in [0.05, 0.1) is 35.4 Å². The predicted molar refractivity (Wildman–Crippen MR) is 129 cm³/mol. The average molecular weight is 478 g/mol. The SMILES string of the molecule is CC(Sc1nc2scc(-c3ccco3)c2c(=O)n1-c1ccccc1)C(=O)NCc1ccco1. The highest BCUT2D eigenvalue weighted by atomic mass is 32.2. The molecule has 33 heavy (non-hydrogen) atoms. The fourth-order valence-electron chi connectivity index (χ4n) is 3.41. The molecular weight excluding hydrogens is 458 g/mol. The van der Waals surface area contributed by atoms with Crippen LogP contribution in [0.1, 0.15) is 12.7 Å². The minimum absolute atomic E-state index is 0.173. The minimum Gasteiger partial charge on any atom is -0.467 e. The summed E-state index contributed by atoms with van der Waals surface area (Å²) in [7, 11) is 0. The maximum atomic E-state index is 13.7. The summed E-state index contributed by atoms with van der Waals surface area (Å²) in [5, 5.41) is 5.20. The summed E-state index contributed by atoms with van der Waals surface area (Å²) < 4.78 is 12.4. The van der Waals surface area contributed by atoms with Crippen molar-refractivity contribution in [3.05, 3.63) is 88.6 Å². The maximum absolute atomic E-state index is 13.7. The zero-order valence-corrected chi connectivity index (χ0v) is 19.2. The number of benzene rings is 1. The third-order valence-electron chi connectivity index (χ3n) is 5.05. The fourth-order valence-corrected chi connectivity index (χ4v) is 5.33. The number of nitrogens with one attached hydrogen (secondary N) is 1. The van der Waals surface area contributed by atoms with Crippen LogP contribution >= 0.6 is 23.1 Å². The van der Waals surface area contributed by atoms with Crippen LogP contribution in [0.15, 0.2) is 91.3 Å². The van der Waals surface area contributed by atoms with Crippen molar-refractivity contribution in [2.45, 2.75) is 23.9 Å². The first kappa shape index (κ1) is 21.3. The Morgan fingerprint density at radius 3 is 2.64 bits per heavy atom. The first-order chi connectivity index (χ1) is 16.1. The van der Waals surface area contributed by atoms with E-state index < -0.39 is 5.25 Å². The Morgan fingerprint density at radius 1 is 1.12 bits per heavy atom.